The van der Waals surface area contributed by atoms with Gasteiger partial charge in [0.05, 0.1) is 12.1 Å². The monoisotopic (exact) mass is 144 g/mol. The molecule has 0 aromatic carbocycles. The van der Waals surface area contributed by atoms with Crippen molar-refractivity contribution in [3.05, 3.63) is 0 Å². The molecule has 0 bridgehead atoms. The summed E-state index contributed by atoms with van der Waals surface area (Å²) < 4.78 is 0. The molecule has 0 saturated carbocycles. The van der Waals surface area contributed by atoms with Crippen LogP contribution in [-0.2, 0) is 4.79 Å². The van der Waals surface area contributed by atoms with E-state index in [-0.39, 0.29) is 18.1 Å². The molecular weight excluding hydrogens is 132 g/mol. The highest BCUT2D eigenvalue weighted by Gasteiger charge is 2.26. The highest BCUT2D eigenvalue weighted by molar-refractivity contribution is 5.81. The number of amides is 1. The first kappa shape index (κ1) is 7.50. The fourth-order valence-electron chi connectivity index (χ4n) is 1.09. The van der Waals surface area contributed by atoms with Crippen LogP contribution in [0.25, 0.3) is 0 Å². The molecule has 4 heteroatoms. The molecule has 0 aromatic heterocycles. The molecule has 1 aliphatic heterocycles. The Morgan fingerprint density at radius 2 is 2.50 bits per heavy atom. The number of hydrogen-bond acceptors (Lipinski definition) is 3. The van der Waals surface area contributed by atoms with Crippen molar-refractivity contribution in [2.75, 3.05) is 13.6 Å². The summed E-state index contributed by atoms with van der Waals surface area (Å²) in [5.74, 6) is -0.0449. The van der Waals surface area contributed by atoms with Gasteiger partial charge in [-0.3, -0.25) is 4.79 Å². The maximum absolute atomic E-state index is 10.9. The van der Waals surface area contributed by atoms with Crippen LogP contribution in [-0.4, -0.2) is 36.8 Å². The Morgan fingerprint density at radius 1 is 1.80 bits per heavy atom. The van der Waals surface area contributed by atoms with Crippen LogP contribution in [0.1, 0.15) is 6.42 Å². The number of rotatable bonds is 1. The quantitative estimate of drug-likeness (QED) is 0.418. The molecular formula is C6H12N2O2. The number of carbonyl (C=O) groups excluding carboxylic acids is 1. The largest absolute Gasteiger partial charge is 0.392 e. The summed E-state index contributed by atoms with van der Waals surface area (Å²) in [7, 11) is 1.59. The van der Waals surface area contributed by atoms with Crippen molar-refractivity contribution < 1.29 is 9.90 Å². The Labute approximate surface area is 59.6 Å². The van der Waals surface area contributed by atoms with Gasteiger partial charge in [-0.1, -0.05) is 0 Å². The molecule has 1 rings (SSSR count). The summed E-state index contributed by atoms with van der Waals surface area (Å²) in [4.78, 5) is 10.9. The van der Waals surface area contributed by atoms with E-state index in [0.29, 0.717) is 13.0 Å². The van der Waals surface area contributed by atoms with E-state index in [1.54, 1.807) is 7.05 Å². The Hall–Kier alpha value is -0.610. The molecule has 0 aromatic rings. The number of nitrogens with one attached hydrogen (secondary N) is 2. The maximum Gasteiger partial charge on any atom is 0.236 e. The van der Waals surface area contributed by atoms with Crippen molar-refractivity contribution in [2.24, 2.45) is 0 Å². The number of hydrogen-bond donors (Lipinski definition) is 3. The number of carbonyl (C=O) groups is 1. The topological polar surface area (TPSA) is 61.4 Å². The van der Waals surface area contributed by atoms with E-state index in [0.717, 1.165) is 0 Å². The zero-order valence-electron chi connectivity index (χ0n) is 5.92. The number of β-amino-alcohol motifs (C(OH)–C–C–N with tert-alkyl or cyclic N) is 1. The van der Waals surface area contributed by atoms with Crippen LogP contribution < -0.4 is 10.6 Å². The first-order valence-electron chi connectivity index (χ1n) is 3.37. The molecule has 4 nitrogen and oxygen atoms in total. The molecule has 1 heterocycles. The van der Waals surface area contributed by atoms with Gasteiger partial charge < -0.3 is 15.7 Å². The molecule has 1 aliphatic rings. The standard InChI is InChI=1S/C6H12N2O2/c1-7-6(10)5-2-4(9)3-8-5/h4-5,8-9H,2-3H2,1H3,(H,7,10). The van der Waals surface area contributed by atoms with Crippen molar-refractivity contribution in [3.8, 4) is 0 Å². The van der Waals surface area contributed by atoms with Gasteiger partial charge in [0, 0.05) is 13.6 Å². The third-order valence-electron chi connectivity index (χ3n) is 1.67. The Kier molecular flexibility index (Phi) is 2.24. The lowest BCUT2D eigenvalue weighted by atomic mass is 10.2. The van der Waals surface area contributed by atoms with Crippen LogP contribution in [0.15, 0.2) is 0 Å². The summed E-state index contributed by atoms with van der Waals surface area (Å²) in [5.41, 5.74) is 0. The van der Waals surface area contributed by atoms with Gasteiger partial charge in [0.15, 0.2) is 0 Å². The molecule has 1 amide bonds. The summed E-state index contributed by atoms with van der Waals surface area (Å²) in [5, 5.41) is 14.4. The Balaban J connectivity index is 2.37. The van der Waals surface area contributed by atoms with Gasteiger partial charge in [0.1, 0.15) is 0 Å². The van der Waals surface area contributed by atoms with Crippen LogP contribution in [0.4, 0.5) is 0 Å². The zero-order valence-corrected chi connectivity index (χ0v) is 5.92. The molecule has 10 heavy (non-hydrogen) atoms. The number of aliphatic hydroxyl groups is 1. The molecule has 1 saturated heterocycles. The molecule has 1 fully saturated rings. The summed E-state index contributed by atoms with van der Waals surface area (Å²) >= 11 is 0. The molecule has 58 valence electrons. The van der Waals surface area contributed by atoms with E-state index in [9.17, 15) is 4.79 Å². The minimum absolute atomic E-state index is 0.0449. The molecule has 3 N–H and O–H groups in total. The van der Waals surface area contributed by atoms with Gasteiger partial charge >= 0.3 is 0 Å². The second-order valence-corrected chi connectivity index (χ2v) is 2.46. The highest BCUT2D eigenvalue weighted by atomic mass is 16.3. The fraction of sp³-hybridized carbons (Fsp3) is 0.833. The molecule has 0 aliphatic carbocycles. The van der Waals surface area contributed by atoms with Gasteiger partial charge in [-0.25, -0.2) is 0 Å². The lowest BCUT2D eigenvalue weighted by Gasteiger charge is -2.06. The van der Waals surface area contributed by atoms with Crippen LogP contribution in [0.5, 0.6) is 0 Å². The van der Waals surface area contributed by atoms with E-state index in [1.807, 2.05) is 0 Å². The SMILES string of the molecule is CNC(=O)C1CC(O)CN1. The lowest BCUT2D eigenvalue weighted by Crippen LogP contribution is -2.38. The second-order valence-electron chi connectivity index (χ2n) is 2.46. The van der Waals surface area contributed by atoms with Gasteiger partial charge in [0.25, 0.3) is 0 Å². The summed E-state index contributed by atoms with van der Waals surface area (Å²) in [6, 6.07) is -0.194. The first-order valence-corrected chi connectivity index (χ1v) is 3.37. The van der Waals surface area contributed by atoms with Gasteiger partial charge in [-0.15, -0.1) is 0 Å². The Morgan fingerprint density at radius 3 is 2.90 bits per heavy atom. The van der Waals surface area contributed by atoms with Crippen molar-refractivity contribution in [1.82, 2.24) is 10.6 Å². The molecule has 2 unspecified atom stereocenters. The van der Waals surface area contributed by atoms with E-state index >= 15 is 0 Å². The average molecular weight is 144 g/mol. The zero-order chi connectivity index (χ0) is 7.56. The van der Waals surface area contributed by atoms with Crippen molar-refractivity contribution in [3.63, 3.8) is 0 Å². The molecule has 0 spiro atoms. The minimum Gasteiger partial charge on any atom is -0.392 e. The van der Waals surface area contributed by atoms with Crippen LogP contribution >= 0.6 is 0 Å². The third kappa shape index (κ3) is 1.46. The van der Waals surface area contributed by atoms with E-state index in [1.165, 1.54) is 0 Å². The second kappa shape index (κ2) is 2.98. The van der Waals surface area contributed by atoms with Crippen LogP contribution in [0.2, 0.25) is 0 Å². The highest BCUT2D eigenvalue weighted by Crippen LogP contribution is 2.05. The van der Waals surface area contributed by atoms with Crippen molar-refractivity contribution in [2.45, 2.75) is 18.6 Å². The molecule has 0 radical (unpaired) electrons. The van der Waals surface area contributed by atoms with Crippen molar-refractivity contribution >= 4 is 5.91 Å². The molecule has 2 atom stereocenters. The Bertz CT molecular complexity index is 138. The van der Waals surface area contributed by atoms with Crippen LogP contribution in [0.3, 0.4) is 0 Å². The van der Waals surface area contributed by atoms with Gasteiger partial charge in [-0.05, 0) is 6.42 Å². The van der Waals surface area contributed by atoms with Gasteiger partial charge in [0.2, 0.25) is 5.91 Å². The number of likely N-dealkylation sites (N-methyl/N-ethyl adjacent to an activating group) is 1. The number of aliphatic hydroxyl groups excluding tert-OH is 1. The smallest absolute Gasteiger partial charge is 0.236 e. The summed E-state index contributed by atoms with van der Waals surface area (Å²) in [6.07, 6.45) is 0.168. The normalized spacial score (nSPS) is 32.2. The van der Waals surface area contributed by atoms with Crippen LogP contribution in [0, 0.1) is 0 Å². The minimum atomic E-state index is -0.359. The van der Waals surface area contributed by atoms with E-state index < -0.39 is 0 Å². The van der Waals surface area contributed by atoms with E-state index in [2.05, 4.69) is 10.6 Å². The summed E-state index contributed by atoms with van der Waals surface area (Å²) in [6.45, 7) is 0.526. The van der Waals surface area contributed by atoms with Gasteiger partial charge in [-0.2, -0.15) is 0 Å². The fourth-order valence-corrected chi connectivity index (χ4v) is 1.09. The van der Waals surface area contributed by atoms with E-state index in [4.69, 9.17) is 5.11 Å². The lowest BCUT2D eigenvalue weighted by molar-refractivity contribution is -0.122. The maximum atomic E-state index is 10.9. The van der Waals surface area contributed by atoms with Crippen molar-refractivity contribution in [1.29, 1.82) is 0 Å². The predicted molar refractivity (Wildman–Crippen MR) is 36.5 cm³/mol. The third-order valence-corrected chi connectivity index (χ3v) is 1.67. The average Bonchev–Trinajstić information content (AvgIpc) is 2.34. The first-order chi connectivity index (χ1) is 4.74. The predicted octanol–water partition coefficient (Wildman–Crippen LogP) is -1.54.